The van der Waals surface area contributed by atoms with Gasteiger partial charge in [0.15, 0.2) is 0 Å². The van der Waals surface area contributed by atoms with Crippen molar-refractivity contribution in [2.75, 3.05) is 25.1 Å². The molecule has 9 nitrogen and oxygen atoms in total. The molecule has 0 amide bonds. The average molecular weight is 416 g/mol. The number of nitrogen functional groups attached to an aromatic ring is 1. The summed E-state index contributed by atoms with van der Waals surface area (Å²) >= 11 is 1.46. The first-order valence-corrected chi connectivity index (χ1v) is 10.5. The van der Waals surface area contributed by atoms with Gasteiger partial charge in [-0.1, -0.05) is 23.5 Å². The quantitative estimate of drug-likeness (QED) is 0.514. The van der Waals surface area contributed by atoms with E-state index in [0.29, 0.717) is 16.8 Å². The molecule has 4 aromatic rings. The Morgan fingerprint density at radius 3 is 2.46 bits per heavy atom. The van der Waals surface area contributed by atoms with Crippen LogP contribution in [0.2, 0.25) is 0 Å². The van der Waals surface area contributed by atoms with Crippen molar-refractivity contribution in [3.63, 3.8) is 0 Å². The Labute approximate surface area is 165 Å². The summed E-state index contributed by atoms with van der Waals surface area (Å²) in [5, 5.41) is 8.00. The topological polar surface area (TPSA) is 119 Å². The van der Waals surface area contributed by atoms with Crippen LogP contribution < -0.4 is 11.1 Å². The van der Waals surface area contributed by atoms with Gasteiger partial charge in [-0.3, -0.25) is 0 Å². The summed E-state index contributed by atoms with van der Waals surface area (Å²) in [7, 11) is -0.497. The predicted octanol–water partition coefficient (Wildman–Crippen LogP) is 2.45. The number of aromatic nitrogens is 4. The lowest BCUT2D eigenvalue weighted by atomic mass is 10.3. The van der Waals surface area contributed by atoms with Gasteiger partial charge in [0.1, 0.15) is 0 Å². The molecule has 0 radical (unpaired) electrons. The molecule has 28 heavy (non-hydrogen) atoms. The molecule has 0 atom stereocenters. The van der Waals surface area contributed by atoms with Gasteiger partial charge < -0.3 is 11.1 Å². The van der Waals surface area contributed by atoms with E-state index in [2.05, 4.69) is 20.4 Å². The molecule has 2 heterocycles. The number of rotatable bonds is 5. The normalized spacial score (nSPS) is 12.0. The zero-order valence-corrected chi connectivity index (χ0v) is 16.7. The van der Waals surface area contributed by atoms with Crippen LogP contribution in [0.1, 0.15) is 0 Å². The van der Waals surface area contributed by atoms with Crippen LogP contribution in [0.5, 0.6) is 0 Å². The molecule has 144 valence electrons. The van der Waals surface area contributed by atoms with Gasteiger partial charge >= 0.3 is 0 Å². The number of hydrogen-bond acceptors (Lipinski definition) is 8. The monoisotopic (exact) mass is 415 g/mol. The van der Waals surface area contributed by atoms with Crippen LogP contribution in [0.4, 0.5) is 17.6 Å². The van der Waals surface area contributed by atoms with Crippen molar-refractivity contribution in [1.82, 2.24) is 24.1 Å². The Morgan fingerprint density at radius 1 is 1.07 bits per heavy atom. The molecule has 4 rings (SSSR count). The van der Waals surface area contributed by atoms with Gasteiger partial charge in [0.25, 0.3) is 0 Å². The second-order valence-electron chi connectivity index (χ2n) is 6.11. The Balaban J connectivity index is 1.59. The van der Waals surface area contributed by atoms with E-state index in [1.54, 1.807) is 12.1 Å². The molecule has 0 unspecified atom stereocenters. The molecule has 0 bridgehead atoms. The molecule has 0 aliphatic heterocycles. The molecule has 0 saturated heterocycles. The molecule has 3 N–H and O–H groups in total. The number of nitrogens with zero attached hydrogens (tertiary/aromatic N) is 5. The first kappa shape index (κ1) is 18.3. The zero-order valence-electron chi connectivity index (χ0n) is 15.1. The number of benzene rings is 2. The third kappa shape index (κ3) is 3.30. The predicted molar refractivity (Wildman–Crippen MR) is 110 cm³/mol. The summed E-state index contributed by atoms with van der Waals surface area (Å²) in [5.74, 6) is 0.494. The molecule has 0 fully saturated rings. The third-order valence-corrected chi connectivity index (χ3v) is 6.83. The highest BCUT2D eigenvalue weighted by atomic mass is 32.2. The van der Waals surface area contributed by atoms with Crippen molar-refractivity contribution in [3.05, 3.63) is 48.5 Å². The van der Waals surface area contributed by atoms with Gasteiger partial charge in [0.05, 0.1) is 15.1 Å². The lowest BCUT2D eigenvalue weighted by Crippen LogP contribution is -2.22. The number of sulfonamides is 1. The maximum absolute atomic E-state index is 12.1. The van der Waals surface area contributed by atoms with Crippen LogP contribution >= 0.6 is 11.3 Å². The largest absolute Gasteiger partial charge is 0.368 e. The number of fused-ring (bicyclic) bond motifs is 1. The highest BCUT2D eigenvalue weighted by Crippen LogP contribution is 2.26. The SMILES string of the molecule is CN(C)S(=O)(=O)c1ccc(Nc2nc(N)n(-c3nc4ccccc4s3)n2)cc1. The molecule has 11 heteroatoms. The molecule has 0 spiro atoms. The van der Waals surface area contributed by atoms with Gasteiger partial charge in [-0.15, -0.1) is 5.10 Å². The first-order valence-electron chi connectivity index (χ1n) is 8.23. The van der Waals surface area contributed by atoms with E-state index in [1.165, 1.54) is 42.2 Å². The Kier molecular flexibility index (Phi) is 4.49. The summed E-state index contributed by atoms with van der Waals surface area (Å²) in [5.41, 5.74) is 7.50. The van der Waals surface area contributed by atoms with E-state index in [1.807, 2.05) is 24.3 Å². The highest BCUT2D eigenvalue weighted by molar-refractivity contribution is 7.89. The Bertz CT molecular complexity index is 1210. The number of nitrogens with one attached hydrogen (secondary N) is 1. The molecule has 0 saturated carbocycles. The maximum Gasteiger partial charge on any atom is 0.248 e. The van der Waals surface area contributed by atoms with Gasteiger partial charge in [-0.25, -0.2) is 17.7 Å². The summed E-state index contributed by atoms with van der Waals surface area (Å²) in [6.07, 6.45) is 0. The van der Waals surface area contributed by atoms with E-state index in [4.69, 9.17) is 5.73 Å². The number of anilines is 3. The minimum atomic E-state index is -3.47. The standard InChI is InChI=1S/C17H17N7O2S2/c1-23(2)28(25,26)12-9-7-11(8-10-12)19-16-21-15(18)24(22-16)17-20-13-5-3-4-6-14(13)27-17/h3-10H,1-2H3,(H3,18,19,21,22). The summed E-state index contributed by atoms with van der Waals surface area (Å²) in [4.78, 5) is 8.93. The lowest BCUT2D eigenvalue weighted by molar-refractivity contribution is 0.521. The van der Waals surface area contributed by atoms with E-state index in [-0.39, 0.29) is 10.8 Å². The molecular formula is C17H17N7O2S2. The molecule has 2 aromatic heterocycles. The number of thiazole rings is 1. The Hall–Kier alpha value is -3.02. The first-order chi connectivity index (χ1) is 13.3. The van der Waals surface area contributed by atoms with Crippen LogP contribution in [-0.4, -0.2) is 46.6 Å². The smallest absolute Gasteiger partial charge is 0.248 e. The van der Waals surface area contributed by atoms with Crippen molar-refractivity contribution >= 4 is 49.2 Å². The summed E-state index contributed by atoms with van der Waals surface area (Å²) in [6, 6.07) is 14.1. The van der Waals surface area contributed by atoms with Gasteiger partial charge in [-0.2, -0.15) is 9.67 Å². The van der Waals surface area contributed by atoms with Gasteiger partial charge in [-0.05, 0) is 36.4 Å². The van der Waals surface area contributed by atoms with E-state index in [0.717, 1.165) is 14.5 Å². The summed E-state index contributed by atoms with van der Waals surface area (Å²) < 4.78 is 27.9. The molecule has 0 aliphatic rings. The van der Waals surface area contributed by atoms with Crippen LogP contribution in [0, 0.1) is 0 Å². The van der Waals surface area contributed by atoms with E-state index < -0.39 is 10.0 Å². The molecular weight excluding hydrogens is 398 g/mol. The van der Waals surface area contributed by atoms with Crippen molar-refractivity contribution in [3.8, 4) is 5.13 Å². The van der Waals surface area contributed by atoms with E-state index >= 15 is 0 Å². The minimum absolute atomic E-state index is 0.202. The average Bonchev–Trinajstić information content (AvgIpc) is 3.25. The van der Waals surface area contributed by atoms with Crippen LogP contribution in [0.15, 0.2) is 53.4 Å². The van der Waals surface area contributed by atoms with Crippen LogP contribution in [0.3, 0.4) is 0 Å². The fourth-order valence-corrected chi connectivity index (χ4v) is 4.35. The van der Waals surface area contributed by atoms with Crippen LogP contribution in [-0.2, 0) is 10.0 Å². The van der Waals surface area contributed by atoms with Crippen molar-refractivity contribution in [2.45, 2.75) is 4.90 Å². The molecule has 2 aromatic carbocycles. The number of nitrogens with two attached hydrogens (primary N) is 1. The van der Waals surface area contributed by atoms with Crippen LogP contribution in [0.25, 0.3) is 15.3 Å². The Morgan fingerprint density at radius 2 is 1.79 bits per heavy atom. The summed E-state index contributed by atoms with van der Waals surface area (Å²) in [6.45, 7) is 0. The van der Waals surface area contributed by atoms with Gasteiger partial charge in [0, 0.05) is 19.8 Å². The number of para-hydroxylation sites is 1. The van der Waals surface area contributed by atoms with Crippen molar-refractivity contribution in [1.29, 1.82) is 0 Å². The maximum atomic E-state index is 12.1. The second kappa shape index (κ2) is 6.86. The molecule has 0 aliphatic carbocycles. The lowest BCUT2D eigenvalue weighted by Gasteiger charge is -2.11. The van der Waals surface area contributed by atoms with Gasteiger partial charge in [0.2, 0.25) is 27.1 Å². The zero-order chi connectivity index (χ0) is 19.9. The fourth-order valence-electron chi connectivity index (χ4n) is 2.52. The van der Waals surface area contributed by atoms with E-state index in [9.17, 15) is 8.42 Å². The number of hydrogen-bond donors (Lipinski definition) is 2. The fraction of sp³-hybridized carbons (Fsp3) is 0.118. The second-order valence-corrected chi connectivity index (χ2v) is 9.27. The minimum Gasteiger partial charge on any atom is -0.368 e. The van der Waals surface area contributed by atoms with Crippen molar-refractivity contribution < 1.29 is 8.42 Å². The third-order valence-electron chi connectivity index (χ3n) is 3.98. The van der Waals surface area contributed by atoms with Crippen molar-refractivity contribution in [2.24, 2.45) is 0 Å². The highest BCUT2D eigenvalue weighted by Gasteiger charge is 2.17.